The lowest BCUT2D eigenvalue weighted by molar-refractivity contribution is -0.151. The lowest BCUT2D eigenvalue weighted by Crippen LogP contribution is -2.52. The molecular formula is C15H20O4. The molecule has 1 aliphatic heterocycles. The third-order valence-electron chi connectivity index (χ3n) is 4.94. The zero-order valence-corrected chi connectivity index (χ0v) is 11.4. The molecule has 1 saturated carbocycles. The molecule has 0 aromatic rings. The lowest BCUT2D eigenvalue weighted by atomic mass is 9.57. The van der Waals surface area contributed by atoms with E-state index in [0.29, 0.717) is 30.3 Å². The van der Waals surface area contributed by atoms with Gasteiger partial charge in [0.25, 0.3) is 0 Å². The van der Waals surface area contributed by atoms with Crippen LogP contribution in [0.3, 0.4) is 0 Å². The Morgan fingerprint density at radius 2 is 2.26 bits per heavy atom. The monoisotopic (exact) mass is 264 g/mol. The van der Waals surface area contributed by atoms with Crippen molar-refractivity contribution in [3.8, 4) is 0 Å². The fraction of sp³-hybridized carbons (Fsp3) is 0.600. The van der Waals surface area contributed by atoms with Crippen LogP contribution in [0.1, 0.15) is 26.7 Å². The average molecular weight is 264 g/mol. The number of carbonyl (C=O) groups is 2. The van der Waals surface area contributed by atoms with E-state index in [1.165, 1.54) is 0 Å². The Morgan fingerprint density at radius 1 is 1.63 bits per heavy atom. The van der Waals surface area contributed by atoms with Gasteiger partial charge < -0.3 is 9.84 Å². The smallest absolute Gasteiger partial charge is 0.334 e. The summed E-state index contributed by atoms with van der Waals surface area (Å²) in [6, 6.07) is 0. The molecule has 2 rings (SSSR count). The number of aliphatic hydroxyl groups is 1. The van der Waals surface area contributed by atoms with Gasteiger partial charge in [0.2, 0.25) is 0 Å². The van der Waals surface area contributed by atoms with Gasteiger partial charge in [-0.05, 0) is 18.4 Å². The van der Waals surface area contributed by atoms with Crippen molar-refractivity contribution < 1.29 is 19.4 Å². The van der Waals surface area contributed by atoms with Crippen LogP contribution in [-0.2, 0) is 14.3 Å². The van der Waals surface area contributed by atoms with Gasteiger partial charge >= 0.3 is 5.97 Å². The van der Waals surface area contributed by atoms with Crippen molar-refractivity contribution in [3.63, 3.8) is 0 Å². The number of fused-ring (bicyclic) bond motifs is 1. The maximum absolute atomic E-state index is 11.7. The van der Waals surface area contributed by atoms with Crippen LogP contribution in [0.5, 0.6) is 0 Å². The Balaban J connectivity index is 2.47. The van der Waals surface area contributed by atoms with E-state index in [-0.39, 0.29) is 11.8 Å². The molecule has 5 atom stereocenters. The lowest BCUT2D eigenvalue weighted by Gasteiger charge is -2.49. The van der Waals surface area contributed by atoms with Gasteiger partial charge in [-0.25, -0.2) is 4.79 Å². The summed E-state index contributed by atoms with van der Waals surface area (Å²) >= 11 is 0. The molecule has 1 N–H and O–H groups in total. The summed E-state index contributed by atoms with van der Waals surface area (Å²) in [7, 11) is 0. The van der Waals surface area contributed by atoms with Crippen molar-refractivity contribution in [3.05, 3.63) is 24.3 Å². The van der Waals surface area contributed by atoms with Gasteiger partial charge in [-0.1, -0.05) is 27.0 Å². The molecule has 0 spiro atoms. The molecule has 0 radical (unpaired) electrons. The number of hydrogen-bond acceptors (Lipinski definition) is 4. The van der Waals surface area contributed by atoms with Crippen LogP contribution in [0.4, 0.5) is 0 Å². The number of hydrogen-bond donors (Lipinski definition) is 1. The van der Waals surface area contributed by atoms with Crippen molar-refractivity contribution in [2.75, 3.05) is 0 Å². The molecule has 0 amide bonds. The van der Waals surface area contributed by atoms with Gasteiger partial charge in [-0.3, -0.25) is 4.79 Å². The maximum atomic E-state index is 11.7. The second-order valence-corrected chi connectivity index (χ2v) is 5.78. The van der Waals surface area contributed by atoms with Crippen LogP contribution in [0.25, 0.3) is 0 Å². The van der Waals surface area contributed by atoms with Crippen molar-refractivity contribution in [1.82, 2.24) is 0 Å². The number of ether oxygens (including phenoxy) is 1. The minimum Gasteiger partial charge on any atom is -0.458 e. The standard InChI is InChI=1S/C15H20O4/c1-5-15(4)11(17)6-10-9(3)14(18)19-13(10)12(15)8(2)7-16/h7,10-13,17H,2-3,5-6H2,1,4H3/t10-,11?,12+,13?,15+/m0/s1. The van der Waals surface area contributed by atoms with Gasteiger partial charge in [-0.2, -0.15) is 0 Å². The zero-order chi connectivity index (χ0) is 14.4. The van der Waals surface area contributed by atoms with Crippen LogP contribution in [0, 0.1) is 17.3 Å². The topological polar surface area (TPSA) is 63.6 Å². The number of rotatable bonds is 3. The first-order valence-electron chi connectivity index (χ1n) is 6.58. The quantitative estimate of drug-likeness (QED) is 0.478. The van der Waals surface area contributed by atoms with Gasteiger partial charge in [0.1, 0.15) is 12.4 Å². The molecule has 2 unspecified atom stereocenters. The van der Waals surface area contributed by atoms with Gasteiger partial charge in [0.05, 0.1) is 6.10 Å². The minimum absolute atomic E-state index is 0.219. The van der Waals surface area contributed by atoms with Crippen molar-refractivity contribution in [1.29, 1.82) is 0 Å². The molecule has 19 heavy (non-hydrogen) atoms. The first kappa shape index (κ1) is 14.0. The molecule has 4 heteroatoms. The molecule has 4 nitrogen and oxygen atoms in total. The molecule has 0 aromatic heterocycles. The molecule has 1 saturated heterocycles. The van der Waals surface area contributed by atoms with Crippen LogP contribution in [-0.4, -0.2) is 29.6 Å². The van der Waals surface area contributed by atoms with E-state index in [1.807, 2.05) is 13.8 Å². The Labute approximate surface area is 113 Å². The van der Waals surface area contributed by atoms with E-state index in [0.717, 1.165) is 0 Å². The highest BCUT2D eigenvalue weighted by molar-refractivity contribution is 5.91. The molecule has 1 heterocycles. The SMILES string of the molecule is C=C(C=O)[C@@H]1C2OC(=O)C(=C)[C@@H]2CC(O)[C@@]1(C)CC. The van der Waals surface area contributed by atoms with Crippen LogP contribution >= 0.6 is 0 Å². The van der Waals surface area contributed by atoms with Gasteiger partial charge in [0.15, 0.2) is 0 Å². The molecule has 0 bridgehead atoms. The normalized spacial score (nSPS) is 41.6. The highest BCUT2D eigenvalue weighted by atomic mass is 16.6. The highest BCUT2D eigenvalue weighted by Crippen LogP contribution is 2.53. The molecule has 0 aromatic carbocycles. The van der Waals surface area contributed by atoms with Gasteiger partial charge in [0, 0.05) is 22.8 Å². The summed E-state index contributed by atoms with van der Waals surface area (Å²) < 4.78 is 5.39. The predicted molar refractivity (Wildman–Crippen MR) is 70.2 cm³/mol. The molecule has 2 aliphatic rings. The number of esters is 1. The van der Waals surface area contributed by atoms with E-state index in [4.69, 9.17) is 4.74 Å². The molecule has 2 fully saturated rings. The second-order valence-electron chi connectivity index (χ2n) is 5.78. The fourth-order valence-corrected chi connectivity index (χ4v) is 3.46. The summed E-state index contributed by atoms with van der Waals surface area (Å²) in [4.78, 5) is 22.8. The Bertz CT molecular complexity index is 453. The van der Waals surface area contributed by atoms with Crippen molar-refractivity contribution >= 4 is 12.3 Å². The second kappa shape index (κ2) is 4.60. The number of aliphatic hydroxyl groups excluding tert-OH is 1. The minimum atomic E-state index is -0.605. The Hall–Kier alpha value is -1.42. The van der Waals surface area contributed by atoms with Crippen molar-refractivity contribution in [2.24, 2.45) is 17.3 Å². The van der Waals surface area contributed by atoms with E-state index in [9.17, 15) is 14.7 Å². The summed E-state index contributed by atoms with van der Waals surface area (Å²) in [6.45, 7) is 11.4. The first-order chi connectivity index (χ1) is 8.86. The molecule has 1 aliphatic carbocycles. The summed E-state index contributed by atoms with van der Waals surface area (Å²) in [5.41, 5.74) is 0.260. The van der Waals surface area contributed by atoms with E-state index >= 15 is 0 Å². The van der Waals surface area contributed by atoms with Crippen molar-refractivity contribution in [2.45, 2.75) is 38.9 Å². The number of carbonyl (C=O) groups excluding carboxylic acids is 2. The third kappa shape index (κ3) is 1.86. The largest absolute Gasteiger partial charge is 0.458 e. The average Bonchev–Trinajstić information content (AvgIpc) is 2.66. The molecular weight excluding hydrogens is 244 g/mol. The predicted octanol–water partition coefficient (Wildman–Crippen LogP) is 1.64. The fourth-order valence-electron chi connectivity index (χ4n) is 3.46. The Morgan fingerprint density at radius 3 is 2.79 bits per heavy atom. The van der Waals surface area contributed by atoms with Gasteiger partial charge in [-0.15, -0.1) is 0 Å². The molecule has 104 valence electrons. The van der Waals surface area contributed by atoms with E-state index < -0.39 is 23.6 Å². The Kier molecular flexibility index (Phi) is 3.39. The number of aldehydes is 1. The third-order valence-corrected chi connectivity index (χ3v) is 4.94. The zero-order valence-electron chi connectivity index (χ0n) is 11.4. The van der Waals surface area contributed by atoms with Crippen LogP contribution in [0.2, 0.25) is 0 Å². The maximum Gasteiger partial charge on any atom is 0.334 e. The summed E-state index contributed by atoms with van der Waals surface area (Å²) in [5, 5.41) is 10.4. The van der Waals surface area contributed by atoms with E-state index in [1.54, 1.807) is 0 Å². The highest BCUT2D eigenvalue weighted by Gasteiger charge is 2.57. The van der Waals surface area contributed by atoms with Crippen LogP contribution in [0.15, 0.2) is 24.3 Å². The summed E-state index contributed by atoms with van der Waals surface area (Å²) in [5.74, 6) is -0.998. The van der Waals surface area contributed by atoms with Crippen LogP contribution < -0.4 is 0 Å². The first-order valence-corrected chi connectivity index (χ1v) is 6.58. The summed E-state index contributed by atoms with van der Waals surface area (Å²) in [6.07, 6.45) is 0.793. The van der Waals surface area contributed by atoms with E-state index in [2.05, 4.69) is 13.2 Å².